The summed E-state index contributed by atoms with van der Waals surface area (Å²) in [5.41, 5.74) is 2.93. The van der Waals surface area contributed by atoms with Crippen LogP contribution in [0.15, 0.2) is 35.4 Å². The number of hydrogen-bond donors (Lipinski definition) is 1. The number of nitrogens with one attached hydrogen (secondary N) is 1. The maximum Gasteiger partial charge on any atom is 0.266 e. The van der Waals surface area contributed by atoms with Crippen molar-refractivity contribution in [2.75, 3.05) is 50.1 Å². The summed E-state index contributed by atoms with van der Waals surface area (Å²) < 4.78 is 46.6. The Hall–Kier alpha value is -2.91. The fraction of sp³-hybridized carbons (Fsp3) is 0.462. The van der Waals surface area contributed by atoms with Crippen molar-refractivity contribution in [2.24, 2.45) is 0 Å². The molecule has 3 aliphatic heterocycles. The molecule has 2 aromatic rings. The summed E-state index contributed by atoms with van der Waals surface area (Å²) in [6, 6.07) is 4.06. The number of hydrogen-bond acceptors (Lipinski definition) is 6. The zero-order chi connectivity index (χ0) is 24.7. The number of aromatic nitrogens is 2. The van der Waals surface area contributed by atoms with E-state index >= 15 is 0 Å². The molecule has 186 valence electrons. The second-order valence-electron chi connectivity index (χ2n) is 9.47. The number of halogens is 3. The lowest BCUT2D eigenvalue weighted by atomic mass is 9.94. The van der Waals surface area contributed by atoms with Gasteiger partial charge in [0.05, 0.1) is 36.4 Å². The van der Waals surface area contributed by atoms with Crippen molar-refractivity contribution in [1.29, 1.82) is 0 Å². The molecule has 4 heterocycles. The summed E-state index contributed by atoms with van der Waals surface area (Å²) in [5.74, 6) is 1.06. The molecule has 0 spiro atoms. The highest BCUT2D eigenvalue weighted by Gasteiger charge is 2.29. The van der Waals surface area contributed by atoms with Crippen LogP contribution in [0, 0.1) is 12.7 Å². The van der Waals surface area contributed by atoms with E-state index in [0.29, 0.717) is 17.7 Å². The van der Waals surface area contributed by atoms with E-state index in [1.165, 1.54) is 23.3 Å². The molecular weight excluding hydrogens is 455 g/mol. The molecule has 35 heavy (non-hydrogen) atoms. The summed E-state index contributed by atoms with van der Waals surface area (Å²) in [7, 11) is 2.00. The topological polar surface area (TPSA) is 53.5 Å². The Morgan fingerprint density at radius 2 is 1.91 bits per heavy atom. The standard InChI is InChI=1S/C26H30F3N5O/c1-15(20-5-4-6-21(23(20)27)24(28)29)30-25-22-11-18(12-33(3)26(22)32-16(2)31-25)17-7-9-34(10-8-17)19-13-35-14-19/h4-7,11,15,19,24H,8-10,12-14H2,1-3H3,(H,30,31,32)/t15-/m1/s1. The van der Waals surface area contributed by atoms with Crippen LogP contribution in [0.3, 0.4) is 0 Å². The van der Waals surface area contributed by atoms with Gasteiger partial charge in [-0.1, -0.05) is 24.3 Å². The van der Waals surface area contributed by atoms with E-state index < -0.39 is 23.8 Å². The smallest absolute Gasteiger partial charge is 0.266 e. The first kappa shape index (κ1) is 23.8. The molecular formula is C26H30F3N5O. The Labute approximate surface area is 203 Å². The molecule has 1 atom stereocenters. The van der Waals surface area contributed by atoms with E-state index in [2.05, 4.69) is 37.2 Å². The van der Waals surface area contributed by atoms with Gasteiger partial charge in [0, 0.05) is 32.2 Å². The molecule has 0 amide bonds. The molecule has 0 saturated carbocycles. The molecule has 6 nitrogen and oxygen atoms in total. The molecule has 1 aromatic carbocycles. The third-order valence-corrected chi connectivity index (χ3v) is 7.03. The monoisotopic (exact) mass is 485 g/mol. The van der Waals surface area contributed by atoms with Crippen molar-refractivity contribution in [2.45, 2.75) is 38.8 Å². The molecule has 1 aromatic heterocycles. The number of fused-ring (bicyclic) bond motifs is 1. The van der Waals surface area contributed by atoms with Gasteiger partial charge < -0.3 is 15.0 Å². The number of rotatable bonds is 6. The largest absolute Gasteiger partial charge is 0.378 e. The predicted molar refractivity (Wildman–Crippen MR) is 130 cm³/mol. The molecule has 0 radical (unpaired) electrons. The summed E-state index contributed by atoms with van der Waals surface area (Å²) in [6.45, 7) is 7.83. The zero-order valence-corrected chi connectivity index (χ0v) is 20.2. The van der Waals surface area contributed by atoms with Gasteiger partial charge >= 0.3 is 0 Å². The Bertz CT molecular complexity index is 1180. The van der Waals surface area contributed by atoms with Gasteiger partial charge in [-0.3, -0.25) is 4.90 Å². The van der Waals surface area contributed by atoms with Gasteiger partial charge in [0.25, 0.3) is 6.43 Å². The second-order valence-corrected chi connectivity index (χ2v) is 9.47. The summed E-state index contributed by atoms with van der Waals surface area (Å²) in [5, 5.41) is 3.27. The maximum atomic E-state index is 14.8. The maximum absolute atomic E-state index is 14.8. The molecule has 1 fully saturated rings. The average Bonchev–Trinajstić information content (AvgIpc) is 2.79. The van der Waals surface area contributed by atoms with Crippen molar-refractivity contribution in [3.05, 3.63) is 63.8 Å². The second kappa shape index (κ2) is 9.62. The lowest BCUT2D eigenvalue weighted by Gasteiger charge is -2.39. The number of alkyl halides is 2. The van der Waals surface area contributed by atoms with Gasteiger partial charge in [0.15, 0.2) is 0 Å². The van der Waals surface area contributed by atoms with Crippen LogP contribution in [-0.2, 0) is 4.74 Å². The minimum Gasteiger partial charge on any atom is -0.378 e. The van der Waals surface area contributed by atoms with Gasteiger partial charge in [-0.2, -0.15) is 0 Å². The van der Waals surface area contributed by atoms with Crippen LogP contribution < -0.4 is 10.2 Å². The first-order valence-electron chi connectivity index (χ1n) is 12.0. The van der Waals surface area contributed by atoms with E-state index in [0.717, 1.165) is 56.7 Å². The number of anilines is 2. The van der Waals surface area contributed by atoms with Crippen LogP contribution >= 0.6 is 0 Å². The third-order valence-electron chi connectivity index (χ3n) is 7.03. The zero-order valence-electron chi connectivity index (χ0n) is 20.2. The average molecular weight is 486 g/mol. The van der Waals surface area contributed by atoms with Crippen LogP contribution in [0.5, 0.6) is 0 Å². The normalized spacial score (nSPS) is 19.7. The van der Waals surface area contributed by atoms with Gasteiger partial charge in [-0.15, -0.1) is 0 Å². The molecule has 0 unspecified atom stereocenters. The van der Waals surface area contributed by atoms with Crippen molar-refractivity contribution < 1.29 is 17.9 Å². The van der Waals surface area contributed by atoms with E-state index in [1.54, 1.807) is 6.92 Å². The van der Waals surface area contributed by atoms with E-state index in [9.17, 15) is 13.2 Å². The first-order chi connectivity index (χ1) is 16.8. The summed E-state index contributed by atoms with van der Waals surface area (Å²) >= 11 is 0. The van der Waals surface area contributed by atoms with Crippen molar-refractivity contribution >= 4 is 17.7 Å². The molecule has 1 N–H and O–H groups in total. The van der Waals surface area contributed by atoms with Crippen molar-refractivity contribution in [1.82, 2.24) is 14.9 Å². The fourth-order valence-corrected chi connectivity index (χ4v) is 4.94. The van der Waals surface area contributed by atoms with Gasteiger partial charge in [0.2, 0.25) is 0 Å². The Kier molecular flexibility index (Phi) is 6.55. The van der Waals surface area contributed by atoms with Crippen LogP contribution in [0.25, 0.3) is 6.08 Å². The Balaban J connectivity index is 1.44. The third kappa shape index (κ3) is 4.67. The quantitative estimate of drug-likeness (QED) is 0.628. The minimum absolute atomic E-state index is 0.177. The minimum atomic E-state index is -2.87. The number of benzene rings is 1. The van der Waals surface area contributed by atoms with Crippen LogP contribution in [0.1, 0.15) is 48.3 Å². The lowest BCUT2D eigenvalue weighted by molar-refractivity contribution is -0.0619. The number of ether oxygens (including phenoxy) is 1. The van der Waals surface area contributed by atoms with Gasteiger partial charge in [-0.05, 0) is 37.5 Å². The predicted octanol–water partition coefficient (Wildman–Crippen LogP) is 4.90. The highest BCUT2D eigenvalue weighted by Crippen LogP contribution is 2.36. The number of nitrogens with zero attached hydrogens (tertiary/aromatic N) is 4. The van der Waals surface area contributed by atoms with Crippen LogP contribution in [0.2, 0.25) is 0 Å². The van der Waals surface area contributed by atoms with E-state index in [1.807, 2.05) is 14.0 Å². The van der Waals surface area contributed by atoms with E-state index in [-0.39, 0.29) is 5.56 Å². The van der Waals surface area contributed by atoms with Crippen LogP contribution in [0.4, 0.5) is 24.8 Å². The number of aryl methyl sites for hydroxylation is 1. The van der Waals surface area contributed by atoms with Crippen molar-refractivity contribution in [3.8, 4) is 0 Å². The fourth-order valence-electron chi connectivity index (χ4n) is 4.94. The summed E-state index contributed by atoms with van der Waals surface area (Å²) in [4.78, 5) is 13.8. The van der Waals surface area contributed by atoms with Crippen molar-refractivity contribution in [3.63, 3.8) is 0 Å². The van der Waals surface area contributed by atoms with Gasteiger partial charge in [-0.25, -0.2) is 23.1 Å². The molecule has 0 bridgehead atoms. The first-order valence-corrected chi connectivity index (χ1v) is 12.0. The lowest BCUT2D eigenvalue weighted by Crippen LogP contribution is -2.50. The SMILES string of the molecule is Cc1nc(N[C@H](C)c2cccc(C(F)F)c2F)c2c(n1)N(C)CC(C1=CCN(C3COC3)CC1)=C2. The highest BCUT2D eigenvalue weighted by atomic mass is 19.3. The Morgan fingerprint density at radius 1 is 1.14 bits per heavy atom. The van der Waals surface area contributed by atoms with Gasteiger partial charge in [0.1, 0.15) is 23.3 Å². The highest BCUT2D eigenvalue weighted by molar-refractivity contribution is 5.80. The number of likely N-dealkylation sites (N-methyl/N-ethyl adjacent to an activating group) is 1. The molecule has 1 saturated heterocycles. The molecule has 0 aliphatic carbocycles. The van der Waals surface area contributed by atoms with E-state index in [4.69, 9.17) is 4.74 Å². The Morgan fingerprint density at radius 3 is 2.57 bits per heavy atom. The van der Waals surface area contributed by atoms with Crippen LogP contribution in [-0.4, -0.2) is 60.8 Å². The molecule has 5 rings (SSSR count). The summed E-state index contributed by atoms with van der Waals surface area (Å²) in [6.07, 6.45) is 2.50. The molecule has 3 aliphatic rings. The molecule has 9 heteroatoms.